The summed E-state index contributed by atoms with van der Waals surface area (Å²) in [5.41, 5.74) is 3.01. The van der Waals surface area contributed by atoms with Crippen molar-refractivity contribution in [2.24, 2.45) is 0 Å². The number of amides is 1. The highest BCUT2D eigenvalue weighted by molar-refractivity contribution is 5.78. The number of carbonyl (C=O) groups is 1. The standard InChI is InChI=1S/C24H30N4O2/c1-26(17-21-8-10-23(30-2)11-9-21)24(29)19-28-13-3-12-27(14-15-28)18-22-6-4-20(16-25)5-7-22/h4-11H,3,12-15,17-19H2,1-2H3. The van der Waals surface area contributed by atoms with E-state index < -0.39 is 0 Å². The average Bonchev–Trinajstić information content (AvgIpc) is 2.99. The Labute approximate surface area is 179 Å². The molecule has 1 aliphatic rings. The zero-order valence-corrected chi connectivity index (χ0v) is 17.9. The Morgan fingerprint density at radius 2 is 1.63 bits per heavy atom. The molecule has 1 saturated heterocycles. The minimum absolute atomic E-state index is 0.145. The van der Waals surface area contributed by atoms with Crippen molar-refractivity contribution in [1.29, 1.82) is 5.26 Å². The van der Waals surface area contributed by atoms with Crippen LogP contribution in [-0.4, -0.2) is 67.5 Å². The maximum Gasteiger partial charge on any atom is 0.236 e. The number of hydrogen-bond donors (Lipinski definition) is 0. The highest BCUT2D eigenvalue weighted by atomic mass is 16.5. The van der Waals surface area contributed by atoms with Gasteiger partial charge in [-0.25, -0.2) is 0 Å². The predicted octanol–water partition coefficient (Wildman–Crippen LogP) is 2.73. The van der Waals surface area contributed by atoms with Crippen molar-refractivity contribution < 1.29 is 9.53 Å². The molecule has 0 aliphatic carbocycles. The fourth-order valence-electron chi connectivity index (χ4n) is 3.69. The minimum Gasteiger partial charge on any atom is -0.497 e. The molecule has 1 aliphatic heterocycles. The van der Waals surface area contributed by atoms with Crippen LogP contribution in [0.25, 0.3) is 0 Å². The summed E-state index contributed by atoms with van der Waals surface area (Å²) in [5, 5.41) is 8.93. The van der Waals surface area contributed by atoms with Crippen LogP contribution in [0.5, 0.6) is 5.75 Å². The molecule has 0 unspecified atom stereocenters. The number of benzene rings is 2. The second kappa shape index (κ2) is 10.8. The van der Waals surface area contributed by atoms with E-state index in [4.69, 9.17) is 10.00 Å². The van der Waals surface area contributed by atoms with Crippen LogP contribution in [0.4, 0.5) is 0 Å². The second-order valence-corrected chi connectivity index (χ2v) is 7.81. The zero-order chi connectivity index (χ0) is 21.3. The summed E-state index contributed by atoms with van der Waals surface area (Å²) in [7, 11) is 3.51. The Hall–Kier alpha value is -2.88. The third-order valence-corrected chi connectivity index (χ3v) is 5.53. The number of likely N-dealkylation sites (N-methyl/N-ethyl adjacent to an activating group) is 1. The number of nitriles is 1. The first kappa shape index (κ1) is 21.8. The van der Waals surface area contributed by atoms with Gasteiger partial charge < -0.3 is 9.64 Å². The van der Waals surface area contributed by atoms with Gasteiger partial charge in [-0.05, 0) is 54.9 Å². The molecule has 0 bridgehead atoms. The lowest BCUT2D eigenvalue weighted by atomic mass is 10.1. The number of ether oxygens (including phenoxy) is 1. The minimum atomic E-state index is 0.145. The van der Waals surface area contributed by atoms with E-state index >= 15 is 0 Å². The lowest BCUT2D eigenvalue weighted by molar-refractivity contribution is -0.131. The summed E-state index contributed by atoms with van der Waals surface area (Å²) in [6.07, 6.45) is 1.05. The number of hydrogen-bond acceptors (Lipinski definition) is 5. The average molecular weight is 407 g/mol. The normalized spacial score (nSPS) is 15.2. The summed E-state index contributed by atoms with van der Waals surface area (Å²) in [4.78, 5) is 19.2. The zero-order valence-electron chi connectivity index (χ0n) is 17.9. The number of nitrogens with zero attached hydrogens (tertiary/aromatic N) is 4. The molecule has 0 radical (unpaired) electrons. The Morgan fingerprint density at radius 3 is 2.30 bits per heavy atom. The molecule has 0 atom stereocenters. The molecule has 3 rings (SSSR count). The molecule has 6 nitrogen and oxygen atoms in total. The van der Waals surface area contributed by atoms with Crippen LogP contribution < -0.4 is 4.74 Å². The molecule has 1 fully saturated rings. The third-order valence-electron chi connectivity index (χ3n) is 5.53. The molecule has 158 valence electrons. The van der Waals surface area contributed by atoms with Gasteiger partial charge in [0.2, 0.25) is 5.91 Å². The smallest absolute Gasteiger partial charge is 0.236 e. The lowest BCUT2D eigenvalue weighted by Crippen LogP contribution is -2.39. The molecule has 2 aromatic carbocycles. The monoisotopic (exact) mass is 406 g/mol. The van der Waals surface area contributed by atoms with Crippen molar-refractivity contribution in [3.05, 3.63) is 65.2 Å². The molecule has 1 heterocycles. The molecule has 1 amide bonds. The van der Waals surface area contributed by atoms with Gasteiger partial charge in [-0.2, -0.15) is 5.26 Å². The van der Waals surface area contributed by atoms with Crippen LogP contribution in [0.15, 0.2) is 48.5 Å². The fourth-order valence-corrected chi connectivity index (χ4v) is 3.69. The van der Waals surface area contributed by atoms with E-state index in [1.54, 1.807) is 12.0 Å². The highest BCUT2D eigenvalue weighted by Gasteiger charge is 2.19. The topological polar surface area (TPSA) is 59.8 Å². The Morgan fingerprint density at radius 1 is 1.00 bits per heavy atom. The van der Waals surface area contributed by atoms with Crippen molar-refractivity contribution in [2.45, 2.75) is 19.5 Å². The fraction of sp³-hybridized carbons (Fsp3) is 0.417. The van der Waals surface area contributed by atoms with Gasteiger partial charge in [0.15, 0.2) is 0 Å². The molecule has 2 aromatic rings. The Bertz CT molecular complexity index is 858. The van der Waals surface area contributed by atoms with Gasteiger partial charge >= 0.3 is 0 Å². The van der Waals surface area contributed by atoms with Gasteiger partial charge in [0.1, 0.15) is 5.75 Å². The van der Waals surface area contributed by atoms with Gasteiger partial charge in [-0.15, -0.1) is 0 Å². The summed E-state index contributed by atoms with van der Waals surface area (Å²) >= 11 is 0. The molecule has 0 N–H and O–H groups in total. The second-order valence-electron chi connectivity index (χ2n) is 7.81. The van der Waals surface area contributed by atoms with Crippen LogP contribution in [-0.2, 0) is 17.9 Å². The largest absolute Gasteiger partial charge is 0.497 e. The van der Waals surface area contributed by atoms with E-state index in [0.717, 1.165) is 50.5 Å². The molecule has 0 aromatic heterocycles. The van der Waals surface area contributed by atoms with Gasteiger partial charge in [-0.1, -0.05) is 24.3 Å². The van der Waals surface area contributed by atoms with E-state index in [2.05, 4.69) is 15.9 Å². The van der Waals surface area contributed by atoms with Crippen molar-refractivity contribution in [3.63, 3.8) is 0 Å². The lowest BCUT2D eigenvalue weighted by Gasteiger charge is -2.24. The molecular weight excluding hydrogens is 376 g/mol. The van der Waals surface area contributed by atoms with Gasteiger partial charge in [0.25, 0.3) is 0 Å². The molecule has 6 heteroatoms. The highest BCUT2D eigenvalue weighted by Crippen LogP contribution is 2.13. The molecular formula is C24H30N4O2. The number of carbonyl (C=O) groups excluding carboxylic acids is 1. The molecule has 30 heavy (non-hydrogen) atoms. The van der Waals surface area contributed by atoms with E-state index in [1.165, 1.54) is 5.56 Å². The van der Waals surface area contributed by atoms with Gasteiger partial charge in [0, 0.05) is 33.2 Å². The van der Waals surface area contributed by atoms with E-state index in [0.29, 0.717) is 18.7 Å². The van der Waals surface area contributed by atoms with E-state index in [9.17, 15) is 4.79 Å². The van der Waals surface area contributed by atoms with Crippen molar-refractivity contribution in [1.82, 2.24) is 14.7 Å². The predicted molar refractivity (Wildman–Crippen MR) is 117 cm³/mol. The number of rotatable bonds is 7. The van der Waals surface area contributed by atoms with Gasteiger partial charge in [-0.3, -0.25) is 14.6 Å². The number of methoxy groups -OCH3 is 1. The summed E-state index contributed by atoms with van der Waals surface area (Å²) in [6.45, 7) is 5.72. The molecule has 0 saturated carbocycles. The van der Waals surface area contributed by atoms with Crippen LogP contribution in [0, 0.1) is 11.3 Å². The SMILES string of the molecule is COc1ccc(CN(C)C(=O)CN2CCCN(Cc3ccc(C#N)cc3)CC2)cc1. The summed E-state index contributed by atoms with van der Waals surface area (Å²) < 4.78 is 5.19. The molecule has 0 spiro atoms. The van der Waals surface area contributed by atoms with Crippen LogP contribution in [0.3, 0.4) is 0 Å². The van der Waals surface area contributed by atoms with Crippen molar-refractivity contribution in [2.75, 3.05) is 46.9 Å². The van der Waals surface area contributed by atoms with Crippen molar-refractivity contribution >= 4 is 5.91 Å². The van der Waals surface area contributed by atoms with Crippen LogP contribution in [0.2, 0.25) is 0 Å². The van der Waals surface area contributed by atoms with Crippen LogP contribution >= 0.6 is 0 Å². The quantitative estimate of drug-likeness (QED) is 0.708. The first-order chi connectivity index (χ1) is 14.6. The maximum absolute atomic E-state index is 12.7. The first-order valence-electron chi connectivity index (χ1n) is 10.4. The third kappa shape index (κ3) is 6.31. The van der Waals surface area contributed by atoms with Gasteiger partial charge in [0.05, 0.1) is 25.3 Å². The van der Waals surface area contributed by atoms with E-state index in [1.807, 2.05) is 55.6 Å². The summed E-state index contributed by atoms with van der Waals surface area (Å²) in [5.74, 6) is 0.967. The van der Waals surface area contributed by atoms with E-state index in [-0.39, 0.29) is 5.91 Å². The van der Waals surface area contributed by atoms with Crippen molar-refractivity contribution in [3.8, 4) is 11.8 Å². The Balaban J connectivity index is 1.46. The summed E-state index contributed by atoms with van der Waals surface area (Å²) in [6, 6.07) is 17.8. The first-order valence-corrected chi connectivity index (χ1v) is 10.4. The van der Waals surface area contributed by atoms with Crippen LogP contribution in [0.1, 0.15) is 23.1 Å². The Kier molecular flexibility index (Phi) is 7.83. The maximum atomic E-state index is 12.7.